The van der Waals surface area contributed by atoms with Crippen LogP contribution in [0, 0.1) is 0 Å². The Morgan fingerprint density at radius 2 is 1.86 bits per heavy atom. The molecule has 1 N–H and O–H groups in total. The van der Waals surface area contributed by atoms with Crippen LogP contribution in [0.15, 0.2) is 36.4 Å². The molecule has 0 aliphatic rings. The second-order valence-electron chi connectivity index (χ2n) is 4.76. The topological polar surface area (TPSA) is 21.3 Å². The monoisotopic (exact) mass is 343 g/mol. The molecule has 0 radical (unpaired) electrons. The standard InChI is InChI=1S/C16H16Cl3NO/c1-10(13-6-7-14(17)16(19)15(13)18)20-12-5-3-4-11(8-12)9-21-2/h3-8,10,20H,9H2,1-2H3. The van der Waals surface area contributed by atoms with Gasteiger partial charge in [-0.25, -0.2) is 0 Å². The van der Waals surface area contributed by atoms with Gasteiger partial charge in [0, 0.05) is 12.8 Å². The molecule has 0 heterocycles. The van der Waals surface area contributed by atoms with E-state index in [1.165, 1.54) is 0 Å². The van der Waals surface area contributed by atoms with E-state index in [-0.39, 0.29) is 6.04 Å². The molecular weight excluding hydrogens is 329 g/mol. The molecule has 1 unspecified atom stereocenters. The minimum Gasteiger partial charge on any atom is -0.380 e. The molecule has 0 aromatic heterocycles. The van der Waals surface area contributed by atoms with Crippen molar-refractivity contribution < 1.29 is 4.74 Å². The highest BCUT2D eigenvalue weighted by Crippen LogP contribution is 2.36. The summed E-state index contributed by atoms with van der Waals surface area (Å²) in [6, 6.07) is 11.7. The van der Waals surface area contributed by atoms with E-state index in [2.05, 4.69) is 5.32 Å². The first kappa shape index (κ1) is 16.4. The summed E-state index contributed by atoms with van der Waals surface area (Å²) in [7, 11) is 1.68. The molecule has 0 spiro atoms. The Morgan fingerprint density at radius 3 is 2.57 bits per heavy atom. The number of methoxy groups -OCH3 is 1. The Hall–Kier alpha value is -0.930. The lowest BCUT2D eigenvalue weighted by Gasteiger charge is -2.18. The fourth-order valence-electron chi connectivity index (χ4n) is 2.12. The molecule has 112 valence electrons. The highest BCUT2D eigenvalue weighted by molar-refractivity contribution is 6.48. The first-order chi connectivity index (χ1) is 10.0. The van der Waals surface area contributed by atoms with E-state index < -0.39 is 0 Å². The lowest BCUT2D eigenvalue weighted by atomic mass is 10.1. The summed E-state index contributed by atoms with van der Waals surface area (Å²) in [5.41, 5.74) is 3.01. The second kappa shape index (κ2) is 7.37. The van der Waals surface area contributed by atoms with Gasteiger partial charge in [-0.2, -0.15) is 0 Å². The normalized spacial score (nSPS) is 12.2. The third-order valence-corrected chi connectivity index (χ3v) is 4.46. The zero-order valence-electron chi connectivity index (χ0n) is 11.8. The van der Waals surface area contributed by atoms with Gasteiger partial charge in [-0.15, -0.1) is 0 Å². The van der Waals surface area contributed by atoms with Gasteiger partial charge in [0.05, 0.1) is 27.7 Å². The van der Waals surface area contributed by atoms with Gasteiger partial charge in [0.2, 0.25) is 0 Å². The van der Waals surface area contributed by atoms with Crippen molar-refractivity contribution in [2.24, 2.45) is 0 Å². The molecule has 0 aliphatic heterocycles. The average molecular weight is 345 g/mol. The molecule has 2 nitrogen and oxygen atoms in total. The first-order valence-corrected chi connectivity index (χ1v) is 7.64. The van der Waals surface area contributed by atoms with Crippen LogP contribution in [-0.2, 0) is 11.3 Å². The SMILES string of the molecule is COCc1cccc(NC(C)c2ccc(Cl)c(Cl)c2Cl)c1. The van der Waals surface area contributed by atoms with Crippen LogP contribution in [0.25, 0.3) is 0 Å². The molecule has 2 aromatic rings. The number of rotatable bonds is 5. The average Bonchev–Trinajstić information content (AvgIpc) is 2.45. The highest BCUT2D eigenvalue weighted by Gasteiger charge is 2.14. The van der Waals surface area contributed by atoms with Crippen LogP contribution in [0.1, 0.15) is 24.1 Å². The van der Waals surface area contributed by atoms with Crippen LogP contribution >= 0.6 is 34.8 Å². The number of nitrogens with one attached hydrogen (secondary N) is 1. The van der Waals surface area contributed by atoms with Crippen molar-refractivity contribution in [3.63, 3.8) is 0 Å². The van der Waals surface area contributed by atoms with Gasteiger partial charge in [0.25, 0.3) is 0 Å². The van der Waals surface area contributed by atoms with E-state index in [0.29, 0.717) is 21.7 Å². The van der Waals surface area contributed by atoms with E-state index in [4.69, 9.17) is 39.5 Å². The van der Waals surface area contributed by atoms with Crippen LogP contribution in [0.3, 0.4) is 0 Å². The van der Waals surface area contributed by atoms with Gasteiger partial charge in [-0.3, -0.25) is 0 Å². The van der Waals surface area contributed by atoms with Crippen LogP contribution < -0.4 is 5.32 Å². The molecule has 1 atom stereocenters. The van der Waals surface area contributed by atoms with Crippen molar-refractivity contribution in [1.29, 1.82) is 0 Å². The Kier molecular flexibility index (Phi) is 5.77. The Labute approximate surface area is 140 Å². The minimum absolute atomic E-state index is 0.00469. The third-order valence-electron chi connectivity index (χ3n) is 3.15. The fourth-order valence-corrected chi connectivity index (χ4v) is 2.83. The van der Waals surface area contributed by atoms with Crippen LogP contribution in [0.5, 0.6) is 0 Å². The summed E-state index contributed by atoms with van der Waals surface area (Å²) in [5, 5.41) is 4.73. The van der Waals surface area contributed by atoms with Crippen LogP contribution in [0.2, 0.25) is 15.1 Å². The third kappa shape index (κ3) is 4.04. The molecule has 21 heavy (non-hydrogen) atoms. The Balaban J connectivity index is 2.20. The van der Waals surface area contributed by atoms with Crippen molar-refractivity contribution >= 4 is 40.5 Å². The molecule has 5 heteroatoms. The number of hydrogen-bond donors (Lipinski definition) is 1. The van der Waals surface area contributed by atoms with E-state index >= 15 is 0 Å². The van der Waals surface area contributed by atoms with Gasteiger partial charge in [-0.1, -0.05) is 53.0 Å². The molecule has 0 fully saturated rings. The molecular formula is C16H16Cl3NO. The first-order valence-electron chi connectivity index (χ1n) is 6.50. The van der Waals surface area contributed by atoms with Crippen LogP contribution in [0.4, 0.5) is 5.69 Å². The zero-order chi connectivity index (χ0) is 15.4. The van der Waals surface area contributed by atoms with Gasteiger partial charge >= 0.3 is 0 Å². The maximum absolute atomic E-state index is 6.26. The molecule has 0 saturated carbocycles. The van der Waals surface area contributed by atoms with Gasteiger partial charge in [0.1, 0.15) is 0 Å². The molecule has 0 bridgehead atoms. The van der Waals surface area contributed by atoms with Crippen molar-refractivity contribution in [2.45, 2.75) is 19.6 Å². The van der Waals surface area contributed by atoms with Crippen molar-refractivity contribution in [3.8, 4) is 0 Å². The molecule has 2 aromatic carbocycles. The summed E-state index contributed by atoms with van der Waals surface area (Å²) >= 11 is 18.3. The second-order valence-corrected chi connectivity index (χ2v) is 5.93. The number of benzene rings is 2. The number of ether oxygens (including phenoxy) is 1. The Morgan fingerprint density at radius 1 is 1.10 bits per heavy atom. The highest BCUT2D eigenvalue weighted by atomic mass is 35.5. The maximum Gasteiger partial charge on any atom is 0.0782 e. The summed E-state index contributed by atoms with van der Waals surface area (Å²) in [4.78, 5) is 0. The van der Waals surface area contributed by atoms with E-state index in [1.807, 2.05) is 37.3 Å². The number of halogens is 3. The lowest BCUT2D eigenvalue weighted by Crippen LogP contribution is -2.07. The molecule has 0 saturated heterocycles. The summed E-state index contributed by atoms with van der Waals surface area (Å²) < 4.78 is 5.14. The van der Waals surface area contributed by atoms with E-state index in [1.54, 1.807) is 13.2 Å². The van der Waals surface area contributed by atoms with Crippen molar-refractivity contribution in [3.05, 3.63) is 62.6 Å². The van der Waals surface area contributed by atoms with Gasteiger partial charge < -0.3 is 10.1 Å². The maximum atomic E-state index is 6.26. The fraction of sp³-hybridized carbons (Fsp3) is 0.250. The molecule has 2 rings (SSSR count). The quantitative estimate of drug-likeness (QED) is 0.675. The number of hydrogen-bond acceptors (Lipinski definition) is 2. The lowest BCUT2D eigenvalue weighted by molar-refractivity contribution is 0.185. The minimum atomic E-state index is 0.00469. The van der Waals surface area contributed by atoms with E-state index in [0.717, 1.165) is 16.8 Å². The summed E-state index contributed by atoms with van der Waals surface area (Å²) in [6.07, 6.45) is 0. The van der Waals surface area contributed by atoms with Crippen molar-refractivity contribution in [2.75, 3.05) is 12.4 Å². The number of anilines is 1. The molecule has 0 aliphatic carbocycles. The Bertz CT molecular complexity index is 631. The zero-order valence-corrected chi connectivity index (χ0v) is 14.1. The van der Waals surface area contributed by atoms with Crippen molar-refractivity contribution in [1.82, 2.24) is 0 Å². The predicted octanol–water partition coefficient (Wildman–Crippen LogP) is 5.97. The molecule has 0 amide bonds. The van der Waals surface area contributed by atoms with Gasteiger partial charge in [0.15, 0.2) is 0 Å². The largest absolute Gasteiger partial charge is 0.380 e. The predicted molar refractivity (Wildman–Crippen MR) is 90.7 cm³/mol. The van der Waals surface area contributed by atoms with E-state index in [9.17, 15) is 0 Å². The van der Waals surface area contributed by atoms with Crippen LogP contribution in [-0.4, -0.2) is 7.11 Å². The van der Waals surface area contributed by atoms with Gasteiger partial charge in [-0.05, 0) is 36.2 Å². The summed E-state index contributed by atoms with van der Waals surface area (Å²) in [5.74, 6) is 0. The smallest absolute Gasteiger partial charge is 0.0782 e. The summed E-state index contributed by atoms with van der Waals surface area (Å²) in [6.45, 7) is 2.60.